The smallest absolute Gasteiger partial charge is 0.312 e. The Morgan fingerprint density at radius 2 is 1.64 bits per heavy atom. The molecular formula is C20H21N3O2. The Hall–Kier alpha value is -2.82. The molecule has 0 aromatic heterocycles. The largest absolute Gasteiger partial charge is 0.481 e. The highest BCUT2D eigenvalue weighted by molar-refractivity contribution is 5.92. The van der Waals surface area contributed by atoms with Crippen LogP contribution in [0.1, 0.15) is 5.56 Å². The van der Waals surface area contributed by atoms with E-state index in [0.717, 1.165) is 43.1 Å². The molecule has 1 atom stereocenters. The summed E-state index contributed by atoms with van der Waals surface area (Å²) < 4.78 is 0. The van der Waals surface area contributed by atoms with E-state index in [0.29, 0.717) is 6.42 Å². The lowest BCUT2D eigenvalue weighted by molar-refractivity contribution is -0.139. The Bertz CT molecular complexity index is 796. The number of aliphatic carboxylic acids is 1. The first-order valence-corrected chi connectivity index (χ1v) is 8.65. The highest BCUT2D eigenvalue weighted by atomic mass is 16.4. The fraction of sp³-hybridized carbons (Fsp3) is 0.300. The van der Waals surface area contributed by atoms with Crippen molar-refractivity contribution in [2.45, 2.75) is 6.42 Å². The minimum absolute atomic E-state index is 0.507. The fourth-order valence-electron chi connectivity index (χ4n) is 3.51. The predicted molar refractivity (Wildman–Crippen MR) is 100 cm³/mol. The number of hydrogen-bond acceptors (Lipinski definition) is 4. The molecule has 0 amide bonds. The Labute approximate surface area is 147 Å². The van der Waals surface area contributed by atoms with Crippen molar-refractivity contribution in [3.05, 3.63) is 54.1 Å². The zero-order valence-electron chi connectivity index (χ0n) is 14.0. The van der Waals surface area contributed by atoms with E-state index in [9.17, 15) is 4.79 Å². The number of fused-ring (bicyclic) bond motifs is 1. The average Bonchev–Trinajstić information content (AvgIpc) is 2.68. The van der Waals surface area contributed by atoms with Gasteiger partial charge in [0, 0.05) is 43.8 Å². The summed E-state index contributed by atoms with van der Waals surface area (Å²) >= 11 is 0. The molecule has 2 heterocycles. The highest BCUT2D eigenvalue weighted by Crippen LogP contribution is 2.31. The third kappa shape index (κ3) is 3.22. The summed E-state index contributed by atoms with van der Waals surface area (Å²) in [5, 5.41) is 9.14. The normalized spacial score (nSPS) is 19.6. The lowest BCUT2D eigenvalue weighted by Crippen LogP contribution is -2.46. The second kappa shape index (κ2) is 6.59. The van der Waals surface area contributed by atoms with E-state index in [-0.39, 0.29) is 0 Å². The van der Waals surface area contributed by atoms with Crippen molar-refractivity contribution in [1.82, 2.24) is 0 Å². The number of anilines is 2. The second-order valence-corrected chi connectivity index (χ2v) is 6.55. The predicted octanol–water partition coefficient (Wildman–Crippen LogP) is 2.97. The van der Waals surface area contributed by atoms with Crippen LogP contribution < -0.4 is 9.80 Å². The first-order valence-electron chi connectivity index (χ1n) is 8.65. The van der Waals surface area contributed by atoms with Crippen LogP contribution in [0.5, 0.6) is 0 Å². The molecule has 5 heteroatoms. The molecule has 0 saturated carbocycles. The van der Waals surface area contributed by atoms with Crippen LogP contribution in [-0.2, 0) is 11.2 Å². The van der Waals surface area contributed by atoms with Crippen molar-refractivity contribution in [2.24, 2.45) is 10.9 Å². The molecule has 2 aliphatic heterocycles. The summed E-state index contributed by atoms with van der Waals surface area (Å²) in [6.45, 7) is 3.92. The zero-order valence-corrected chi connectivity index (χ0v) is 14.0. The summed E-state index contributed by atoms with van der Waals surface area (Å²) in [7, 11) is 0. The maximum absolute atomic E-state index is 11.1. The quantitative estimate of drug-likeness (QED) is 0.937. The van der Waals surface area contributed by atoms with Gasteiger partial charge >= 0.3 is 5.97 Å². The molecule has 2 aromatic rings. The summed E-state index contributed by atoms with van der Waals surface area (Å²) in [5.74, 6) is -1.32. The molecule has 2 aliphatic rings. The summed E-state index contributed by atoms with van der Waals surface area (Å²) in [6, 6.07) is 16.7. The van der Waals surface area contributed by atoms with Crippen LogP contribution in [-0.4, -0.2) is 43.5 Å². The summed E-state index contributed by atoms with van der Waals surface area (Å²) in [5.41, 5.74) is 4.36. The van der Waals surface area contributed by atoms with Crippen molar-refractivity contribution in [1.29, 1.82) is 0 Å². The Morgan fingerprint density at radius 3 is 2.32 bits per heavy atom. The van der Waals surface area contributed by atoms with Gasteiger partial charge < -0.3 is 14.9 Å². The fourth-order valence-corrected chi connectivity index (χ4v) is 3.51. The monoisotopic (exact) mass is 335 g/mol. The lowest BCUT2D eigenvalue weighted by atomic mass is 9.96. The number of para-hydroxylation sites is 1. The Balaban J connectivity index is 1.45. The third-order valence-corrected chi connectivity index (χ3v) is 4.99. The van der Waals surface area contributed by atoms with Gasteiger partial charge in [-0.25, -0.2) is 0 Å². The van der Waals surface area contributed by atoms with Crippen molar-refractivity contribution in [3.8, 4) is 0 Å². The van der Waals surface area contributed by atoms with E-state index >= 15 is 0 Å². The van der Waals surface area contributed by atoms with Crippen LogP contribution in [0.3, 0.4) is 0 Å². The number of carbonyl (C=O) groups is 1. The molecule has 128 valence electrons. The van der Waals surface area contributed by atoms with Crippen LogP contribution >= 0.6 is 0 Å². The van der Waals surface area contributed by atoms with E-state index in [4.69, 9.17) is 5.11 Å². The van der Waals surface area contributed by atoms with Gasteiger partial charge in [0.15, 0.2) is 0 Å². The van der Waals surface area contributed by atoms with Crippen LogP contribution in [0, 0.1) is 5.92 Å². The third-order valence-electron chi connectivity index (χ3n) is 4.99. The van der Waals surface area contributed by atoms with Gasteiger partial charge in [0.25, 0.3) is 0 Å². The number of aliphatic imine (C=N–C) groups is 1. The number of rotatable bonds is 3. The van der Waals surface area contributed by atoms with Gasteiger partial charge in [-0.1, -0.05) is 24.3 Å². The van der Waals surface area contributed by atoms with E-state index in [2.05, 4.69) is 51.2 Å². The summed E-state index contributed by atoms with van der Waals surface area (Å²) in [4.78, 5) is 20.3. The molecule has 2 aromatic carbocycles. The zero-order chi connectivity index (χ0) is 17.2. The molecule has 0 bridgehead atoms. The first-order chi connectivity index (χ1) is 12.2. The summed E-state index contributed by atoms with van der Waals surface area (Å²) in [6.07, 6.45) is 2.08. The van der Waals surface area contributed by atoms with Crippen molar-refractivity contribution >= 4 is 29.2 Å². The van der Waals surface area contributed by atoms with Crippen LogP contribution in [0.15, 0.2) is 53.5 Å². The molecule has 0 spiro atoms. The molecule has 25 heavy (non-hydrogen) atoms. The van der Waals surface area contributed by atoms with E-state index in [1.54, 1.807) is 6.21 Å². The number of benzene rings is 2. The molecule has 5 nitrogen and oxygen atoms in total. The van der Waals surface area contributed by atoms with Crippen molar-refractivity contribution in [2.75, 3.05) is 36.0 Å². The van der Waals surface area contributed by atoms with Crippen LogP contribution in [0.4, 0.5) is 17.1 Å². The SMILES string of the molecule is O=C(O)C1C=Nc2cc(N3CCN(c4ccccc4)CC3)ccc2C1. The molecule has 0 aliphatic carbocycles. The molecule has 0 radical (unpaired) electrons. The first kappa shape index (κ1) is 15.7. The topological polar surface area (TPSA) is 56.1 Å². The van der Waals surface area contributed by atoms with Crippen LogP contribution in [0.25, 0.3) is 0 Å². The number of piperazine rings is 1. The maximum atomic E-state index is 11.1. The number of carboxylic acid groups (broad SMARTS) is 1. The second-order valence-electron chi connectivity index (χ2n) is 6.55. The van der Waals surface area contributed by atoms with Gasteiger partial charge in [0.1, 0.15) is 0 Å². The van der Waals surface area contributed by atoms with Crippen molar-refractivity contribution in [3.63, 3.8) is 0 Å². The Morgan fingerprint density at radius 1 is 0.960 bits per heavy atom. The van der Waals surface area contributed by atoms with Crippen LogP contribution in [0.2, 0.25) is 0 Å². The van der Waals surface area contributed by atoms with Gasteiger partial charge in [0.2, 0.25) is 0 Å². The lowest BCUT2D eigenvalue weighted by Gasteiger charge is -2.37. The molecule has 1 fully saturated rings. The van der Waals surface area contributed by atoms with Gasteiger partial charge in [-0.3, -0.25) is 9.79 Å². The molecule has 4 rings (SSSR count). The Kier molecular flexibility index (Phi) is 4.14. The standard InChI is InChI=1S/C20H21N3O2/c24-20(25)16-12-15-6-7-18(13-19(15)21-14-16)23-10-8-22(9-11-23)17-4-2-1-3-5-17/h1-7,13-14,16H,8-12H2,(H,24,25). The van der Waals surface area contributed by atoms with Gasteiger partial charge in [-0.05, 0) is 36.2 Å². The van der Waals surface area contributed by atoms with E-state index in [1.807, 2.05) is 12.1 Å². The molecule has 1 unspecified atom stereocenters. The van der Waals surface area contributed by atoms with Gasteiger partial charge in [-0.2, -0.15) is 0 Å². The number of carboxylic acids is 1. The minimum atomic E-state index is -0.810. The highest BCUT2D eigenvalue weighted by Gasteiger charge is 2.23. The number of nitrogens with zero attached hydrogens (tertiary/aromatic N) is 3. The molecule has 1 N–H and O–H groups in total. The van der Waals surface area contributed by atoms with Gasteiger partial charge in [-0.15, -0.1) is 0 Å². The van der Waals surface area contributed by atoms with Gasteiger partial charge in [0.05, 0.1) is 11.6 Å². The maximum Gasteiger partial charge on any atom is 0.312 e. The van der Waals surface area contributed by atoms with Crippen molar-refractivity contribution < 1.29 is 9.90 Å². The molecular weight excluding hydrogens is 314 g/mol. The molecule has 1 saturated heterocycles. The van der Waals surface area contributed by atoms with E-state index < -0.39 is 11.9 Å². The average molecular weight is 335 g/mol. The minimum Gasteiger partial charge on any atom is -0.481 e. The van der Waals surface area contributed by atoms with E-state index in [1.165, 1.54) is 5.69 Å². The number of hydrogen-bond donors (Lipinski definition) is 1.